The maximum Gasteiger partial charge on any atom is 0.174 e. The number of hydrazone groups is 1. The summed E-state index contributed by atoms with van der Waals surface area (Å²) in [4.78, 5) is 1.83. The third-order valence-corrected chi connectivity index (χ3v) is 1.33. The Hall–Kier alpha value is -1.39. The maximum absolute atomic E-state index is 5.53. The van der Waals surface area contributed by atoms with Gasteiger partial charge in [0, 0.05) is 13.2 Å². The third kappa shape index (κ3) is 0.975. The lowest BCUT2D eigenvalue weighted by Gasteiger charge is -2.24. The van der Waals surface area contributed by atoms with Crippen LogP contribution in [0.3, 0.4) is 0 Å². The molecule has 5 N–H and O–H groups in total. The maximum atomic E-state index is 5.53. The fourth-order valence-corrected chi connectivity index (χ4v) is 0.825. The molecule has 0 unspecified atom stereocenters. The predicted octanol–water partition coefficient (Wildman–Crippen LogP) is -1.45. The molecule has 0 saturated carbocycles. The van der Waals surface area contributed by atoms with E-state index in [1.807, 2.05) is 11.9 Å². The summed E-state index contributed by atoms with van der Waals surface area (Å²) < 4.78 is 0. The summed E-state index contributed by atoms with van der Waals surface area (Å²) in [6, 6.07) is 0. The summed E-state index contributed by atoms with van der Waals surface area (Å²) >= 11 is 0. The van der Waals surface area contributed by atoms with Crippen LogP contribution in [0.25, 0.3) is 0 Å². The Balaban J connectivity index is 2.84. The molecule has 0 aromatic carbocycles. The monoisotopic (exact) mass is 141 g/mol. The van der Waals surface area contributed by atoms with Crippen LogP contribution < -0.4 is 16.9 Å². The van der Waals surface area contributed by atoms with Crippen molar-refractivity contribution in [1.29, 1.82) is 0 Å². The summed E-state index contributed by atoms with van der Waals surface area (Å²) in [6.07, 6.45) is 1.69. The van der Waals surface area contributed by atoms with Gasteiger partial charge in [-0.1, -0.05) is 0 Å². The molecule has 0 fully saturated rings. The molecular weight excluding hydrogens is 130 g/mol. The van der Waals surface area contributed by atoms with Crippen molar-refractivity contribution < 1.29 is 0 Å². The van der Waals surface area contributed by atoms with Crippen LogP contribution in [0, 0.1) is 0 Å². The standard InChI is InChI=1S/C5H11N5/c1-10-3-8-2-4(6)5(10)9-7/h2,8H,3,6-7H2,1H3. The lowest BCUT2D eigenvalue weighted by atomic mass is 10.3. The molecule has 0 spiro atoms. The molecule has 10 heavy (non-hydrogen) atoms. The average molecular weight is 141 g/mol. The Morgan fingerprint density at radius 2 is 2.50 bits per heavy atom. The Labute approximate surface area is 59.4 Å². The van der Waals surface area contributed by atoms with E-state index in [-0.39, 0.29) is 0 Å². The van der Waals surface area contributed by atoms with Gasteiger partial charge in [-0.25, -0.2) is 0 Å². The van der Waals surface area contributed by atoms with Gasteiger partial charge in [-0.05, 0) is 0 Å². The molecule has 1 rings (SSSR count). The summed E-state index contributed by atoms with van der Waals surface area (Å²) in [5.41, 5.74) is 6.09. The zero-order chi connectivity index (χ0) is 7.56. The van der Waals surface area contributed by atoms with Gasteiger partial charge in [-0.2, -0.15) is 5.10 Å². The highest BCUT2D eigenvalue weighted by Crippen LogP contribution is 1.97. The van der Waals surface area contributed by atoms with E-state index in [0.717, 1.165) is 0 Å². The van der Waals surface area contributed by atoms with Gasteiger partial charge in [0.2, 0.25) is 0 Å². The Bertz CT molecular complexity index is 182. The molecule has 1 aliphatic rings. The fraction of sp³-hybridized carbons (Fsp3) is 0.400. The van der Waals surface area contributed by atoms with Crippen LogP contribution in [0.2, 0.25) is 0 Å². The largest absolute Gasteiger partial charge is 0.395 e. The number of nitrogens with two attached hydrogens (primary N) is 2. The molecule has 0 saturated heterocycles. The minimum Gasteiger partial charge on any atom is -0.395 e. The van der Waals surface area contributed by atoms with Crippen LogP contribution in [-0.2, 0) is 0 Å². The number of hydrogen-bond acceptors (Lipinski definition) is 4. The minimum absolute atomic E-state index is 0.566. The van der Waals surface area contributed by atoms with Crippen molar-refractivity contribution in [2.75, 3.05) is 13.7 Å². The van der Waals surface area contributed by atoms with Crippen LogP contribution in [0.1, 0.15) is 0 Å². The van der Waals surface area contributed by atoms with Crippen molar-refractivity contribution in [3.05, 3.63) is 11.9 Å². The second-order valence-corrected chi connectivity index (χ2v) is 2.11. The number of nitrogens with zero attached hydrogens (tertiary/aromatic N) is 2. The lowest BCUT2D eigenvalue weighted by Crippen LogP contribution is -2.42. The van der Waals surface area contributed by atoms with Crippen molar-refractivity contribution in [3.63, 3.8) is 0 Å². The highest BCUT2D eigenvalue weighted by Gasteiger charge is 2.12. The minimum atomic E-state index is 0.566. The highest BCUT2D eigenvalue weighted by atomic mass is 15.3. The molecule has 1 aliphatic heterocycles. The lowest BCUT2D eigenvalue weighted by molar-refractivity contribution is 0.466. The average Bonchev–Trinajstić information content (AvgIpc) is 1.88. The molecule has 0 aromatic heterocycles. The van der Waals surface area contributed by atoms with Gasteiger partial charge in [-0.15, -0.1) is 0 Å². The van der Waals surface area contributed by atoms with E-state index in [4.69, 9.17) is 11.6 Å². The Morgan fingerprint density at radius 3 is 2.90 bits per heavy atom. The normalized spacial score (nSPS) is 22.3. The Morgan fingerprint density at radius 1 is 1.80 bits per heavy atom. The first-order valence-corrected chi connectivity index (χ1v) is 2.94. The number of likely N-dealkylation sites (N-methyl/N-ethyl adjacent to an activating group) is 1. The molecule has 0 aliphatic carbocycles. The SMILES string of the molecule is CN1CNC=C(N)C1=NN. The van der Waals surface area contributed by atoms with Crippen molar-refractivity contribution in [2.24, 2.45) is 16.7 Å². The molecule has 0 radical (unpaired) electrons. The predicted molar refractivity (Wildman–Crippen MR) is 39.7 cm³/mol. The topological polar surface area (TPSA) is 79.7 Å². The van der Waals surface area contributed by atoms with Gasteiger partial charge in [0.1, 0.15) is 0 Å². The number of amidine groups is 1. The first-order valence-electron chi connectivity index (χ1n) is 2.94. The molecule has 0 aromatic rings. The number of nitrogens with one attached hydrogen (secondary N) is 1. The molecule has 5 heteroatoms. The van der Waals surface area contributed by atoms with E-state index in [0.29, 0.717) is 18.2 Å². The number of hydrogen-bond donors (Lipinski definition) is 3. The van der Waals surface area contributed by atoms with E-state index in [2.05, 4.69) is 10.4 Å². The van der Waals surface area contributed by atoms with E-state index in [1.54, 1.807) is 6.20 Å². The van der Waals surface area contributed by atoms with E-state index >= 15 is 0 Å². The Kier molecular flexibility index (Phi) is 1.66. The van der Waals surface area contributed by atoms with Crippen LogP contribution in [0.4, 0.5) is 0 Å². The van der Waals surface area contributed by atoms with Crippen molar-refractivity contribution >= 4 is 5.84 Å². The second kappa shape index (κ2) is 2.47. The van der Waals surface area contributed by atoms with E-state index in [1.165, 1.54) is 0 Å². The van der Waals surface area contributed by atoms with Crippen LogP contribution in [-0.4, -0.2) is 24.5 Å². The van der Waals surface area contributed by atoms with Crippen molar-refractivity contribution in [2.45, 2.75) is 0 Å². The molecule has 0 bridgehead atoms. The van der Waals surface area contributed by atoms with Crippen molar-refractivity contribution in [1.82, 2.24) is 10.2 Å². The van der Waals surface area contributed by atoms with Crippen LogP contribution in [0.5, 0.6) is 0 Å². The van der Waals surface area contributed by atoms with Gasteiger partial charge in [0.25, 0.3) is 0 Å². The molecule has 1 heterocycles. The van der Waals surface area contributed by atoms with E-state index < -0.39 is 0 Å². The summed E-state index contributed by atoms with van der Waals surface area (Å²) in [7, 11) is 1.86. The fourth-order valence-electron chi connectivity index (χ4n) is 0.825. The van der Waals surface area contributed by atoms with Gasteiger partial charge >= 0.3 is 0 Å². The molecule has 0 amide bonds. The van der Waals surface area contributed by atoms with Gasteiger partial charge < -0.3 is 21.8 Å². The zero-order valence-electron chi connectivity index (χ0n) is 5.83. The van der Waals surface area contributed by atoms with Gasteiger partial charge in [0.05, 0.1) is 12.4 Å². The molecule has 56 valence electrons. The van der Waals surface area contributed by atoms with Gasteiger partial charge in [-0.3, -0.25) is 0 Å². The number of rotatable bonds is 0. The van der Waals surface area contributed by atoms with E-state index in [9.17, 15) is 0 Å². The van der Waals surface area contributed by atoms with Gasteiger partial charge in [0.15, 0.2) is 5.84 Å². The molecule has 5 nitrogen and oxygen atoms in total. The first kappa shape index (κ1) is 6.73. The molecule has 0 atom stereocenters. The molecular formula is C5H11N5. The van der Waals surface area contributed by atoms with Crippen LogP contribution >= 0.6 is 0 Å². The smallest absolute Gasteiger partial charge is 0.174 e. The summed E-state index contributed by atoms with van der Waals surface area (Å²) in [6.45, 7) is 0.691. The third-order valence-electron chi connectivity index (χ3n) is 1.33. The van der Waals surface area contributed by atoms with Crippen LogP contribution in [0.15, 0.2) is 17.0 Å². The quantitative estimate of drug-likeness (QED) is 0.285. The summed E-state index contributed by atoms with van der Waals surface area (Å²) in [5, 5.41) is 6.47. The first-order chi connectivity index (χ1) is 4.75. The summed E-state index contributed by atoms with van der Waals surface area (Å²) in [5.74, 6) is 5.71. The highest BCUT2D eigenvalue weighted by molar-refractivity contribution is 5.97. The second-order valence-electron chi connectivity index (χ2n) is 2.11. The van der Waals surface area contributed by atoms with Crippen molar-refractivity contribution in [3.8, 4) is 0 Å². The zero-order valence-corrected chi connectivity index (χ0v) is 5.83.